The van der Waals surface area contributed by atoms with Gasteiger partial charge in [-0.2, -0.15) is 0 Å². The third-order valence-corrected chi connectivity index (χ3v) is 3.74. The smallest absolute Gasteiger partial charge is 0.107 e. The second-order valence-electron chi connectivity index (χ2n) is 4.34. The molecule has 2 aromatic carbocycles. The number of benzene rings is 2. The summed E-state index contributed by atoms with van der Waals surface area (Å²) in [4.78, 5) is 4.62. The van der Waals surface area contributed by atoms with E-state index in [1.807, 2.05) is 12.1 Å². The van der Waals surface area contributed by atoms with Gasteiger partial charge in [0.1, 0.15) is 11.3 Å². The molecule has 0 saturated heterocycles. The minimum atomic E-state index is 0.861. The second-order valence-corrected chi connectivity index (χ2v) is 5.19. The maximum Gasteiger partial charge on any atom is 0.107 e. The zero-order valence-corrected chi connectivity index (χ0v) is 11.7. The summed E-state index contributed by atoms with van der Waals surface area (Å²) in [5, 5.41) is 0. The fraction of sp³-hybridized carbons (Fsp3) is 0.133. The molecular formula is C15H13BrN2. The molecule has 3 aromatic rings. The van der Waals surface area contributed by atoms with Gasteiger partial charge in [-0.3, -0.25) is 0 Å². The molecule has 0 saturated carbocycles. The van der Waals surface area contributed by atoms with Gasteiger partial charge in [-0.15, -0.1) is 0 Å². The molecule has 3 rings (SSSR count). The first-order chi connectivity index (χ1) is 8.75. The van der Waals surface area contributed by atoms with Crippen molar-refractivity contribution >= 4 is 27.0 Å². The number of rotatable bonds is 2. The van der Waals surface area contributed by atoms with Crippen LogP contribution in [0.25, 0.3) is 11.0 Å². The van der Waals surface area contributed by atoms with Crippen LogP contribution in [0.3, 0.4) is 0 Å². The van der Waals surface area contributed by atoms with Gasteiger partial charge in [-0.05, 0) is 40.5 Å². The summed E-state index contributed by atoms with van der Waals surface area (Å²) in [6.07, 6.45) is 0. The van der Waals surface area contributed by atoms with Crippen LogP contribution in [-0.4, -0.2) is 9.55 Å². The quantitative estimate of drug-likeness (QED) is 0.695. The van der Waals surface area contributed by atoms with E-state index in [1.54, 1.807) is 0 Å². The SMILES string of the molecule is Cc1nc2c(Br)cccc2n1Cc1ccccc1. The standard InChI is InChI=1S/C15H13BrN2/c1-11-17-15-13(16)8-5-9-14(15)18(11)10-12-6-3-2-4-7-12/h2-9H,10H2,1H3. The number of halogens is 1. The molecule has 0 spiro atoms. The average molecular weight is 301 g/mol. The van der Waals surface area contributed by atoms with Crippen LogP contribution < -0.4 is 0 Å². The molecular weight excluding hydrogens is 288 g/mol. The third-order valence-electron chi connectivity index (χ3n) is 3.10. The Balaban J connectivity index is 2.12. The zero-order chi connectivity index (χ0) is 12.5. The van der Waals surface area contributed by atoms with Crippen LogP contribution in [0.5, 0.6) is 0 Å². The van der Waals surface area contributed by atoms with E-state index in [0.717, 1.165) is 22.4 Å². The number of aromatic nitrogens is 2. The van der Waals surface area contributed by atoms with Crippen molar-refractivity contribution in [3.8, 4) is 0 Å². The highest BCUT2D eigenvalue weighted by Gasteiger charge is 2.09. The highest BCUT2D eigenvalue weighted by molar-refractivity contribution is 9.10. The molecule has 0 radical (unpaired) electrons. The Morgan fingerprint density at radius 1 is 1.06 bits per heavy atom. The van der Waals surface area contributed by atoms with Crippen LogP contribution in [0.4, 0.5) is 0 Å². The Morgan fingerprint density at radius 3 is 2.61 bits per heavy atom. The van der Waals surface area contributed by atoms with Gasteiger partial charge in [0.2, 0.25) is 0 Å². The van der Waals surface area contributed by atoms with Crippen molar-refractivity contribution in [1.29, 1.82) is 0 Å². The number of imidazole rings is 1. The first-order valence-electron chi connectivity index (χ1n) is 5.91. The molecule has 0 aliphatic carbocycles. The fourth-order valence-corrected chi connectivity index (χ4v) is 2.64. The van der Waals surface area contributed by atoms with E-state index in [0.29, 0.717) is 0 Å². The molecule has 0 unspecified atom stereocenters. The van der Waals surface area contributed by atoms with Crippen LogP contribution in [-0.2, 0) is 6.54 Å². The molecule has 0 atom stereocenters. The highest BCUT2D eigenvalue weighted by atomic mass is 79.9. The van der Waals surface area contributed by atoms with Crippen LogP contribution in [0.1, 0.15) is 11.4 Å². The lowest BCUT2D eigenvalue weighted by molar-refractivity contribution is 0.786. The fourth-order valence-electron chi connectivity index (χ4n) is 2.19. The van der Waals surface area contributed by atoms with Gasteiger partial charge >= 0.3 is 0 Å². The summed E-state index contributed by atoms with van der Waals surface area (Å²) in [5.41, 5.74) is 3.50. The molecule has 0 aliphatic rings. The van der Waals surface area contributed by atoms with Gasteiger partial charge in [0.15, 0.2) is 0 Å². The van der Waals surface area contributed by atoms with Crippen LogP contribution in [0.15, 0.2) is 53.0 Å². The van der Waals surface area contributed by atoms with Gasteiger partial charge in [-0.25, -0.2) is 4.98 Å². The number of aryl methyl sites for hydroxylation is 1. The highest BCUT2D eigenvalue weighted by Crippen LogP contribution is 2.24. The first-order valence-corrected chi connectivity index (χ1v) is 6.70. The van der Waals surface area contributed by atoms with E-state index < -0.39 is 0 Å². The Hall–Kier alpha value is -1.61. The second kappa shape index (κ2) is 4.58. The summed E-state index contributed by atoms with van der Waals surface area (Å²) < 4.78 is 3.30. The van der Waals surface area contributed by atoms with Crippen molar-refractivity contribution < 1.29 is 0 Å². The molecule has 0 aliphatic heterocycles. The number of para-hydroxylation sites is 1. The van der Waals surface area contributed by atoms with E-state index in [9.17, 15) is 0 Å². The minimum absolute atomic E-state index is 0.861. The molecule has 3 heteroatoms. The van der Waals surface area contributed by atoms with E-state index >= 15 is 0 Å². The van der Waals surface area contributed by atoms with E-state index in [4.69, 9.17) is 0 Å². The van der Waals surface area contributed by atoms with E-state index in [1.165, 1.54) is 11.1 Å². The van der Waals surface area contributed by atoms with E-state index in [2.05, 4.69) is 68.8 Å². The lowest BCUT2D eigenvalue weighted by Gasteiger charge is -2.06. The maximum atomic E-state index is 4.62. The van der Waals surface area contributed by atoms with Crippen LogP contribution >= 0.6 is 15.9 Å². The van der Waals surface area contributed by atoms with Crippen molar-refractivity contribution in [2.45, 2.75) is 13.5 Å². The van der Waals surface area contributed by atoms with Crippen molar-refractivity contribution in [1.82, 2.24) is 9.55 Å². The van der Waals surface area contributed by atoms with E-state index in [-0.39, 0.29) is 0 Å². The third kappa shape index (κ3) is 1.95. The minimum Gasteiger partial charge on any atom is -0.324 e. The summed E-state index contributed by atoms with van der Waals surface area (Å²) >= 11 is 3.55. The molecule has 18 heavy (non-hydrogen) atoms. The lowest BCUT2D eigenvalue weighted by atomic mass is 10.2. The van der Waals surface area contributed by atoms with Gasteiger partial charge in [0.05, 0.1) is 5.52 Å². The van der Waals surface area contributed by atoms with Crippen molar-refractivity contribution in [2.24, 2.45) is 0 Å². The molecule has 0 N–H and O–H groups in total. The first kappa shape index (κ1) is 11.5. The van der Waals surface area contributed by atoms with Gasteiger partial charge in [0, 0.05) is 11.0 Å². The molecule has 0 amide bonds. The molecule has 0 bridgehead atoms. The number of fused-ring (bicyclic) bond motifs is 1. The molecule has 2 nitrogen and oxygen atoms in total. The van der Waals surface area contributed by atoms with Gasteiger partial charge in [0.25, 0.3) is 0 Å². The Bertz CT molecular complexity index is 686. The zero-order valence-electron chi connectivity index (χ0n) is 10.1. The molecule has 1 aromatic heterocycles. The predicted molar refractivity (Wildman–Crippen MR) is 77.7 cm³/mol. The summed E-state index contributed by atoms with van der Waals surface area (Å²) in [5.74, 6) is 1.04. The Kier molecular flexibility index (Phi) is 2.92. The number of hydrogen-bond acceptors (Lipinski definition) is 1. The van der Waals surface area contributed by atoms with Crippen molar-refractivity contribution in [2.75, 3.05) is 0 Å². The summed E-state index contributed by atoms with van der Waals surface area (Å²) in [6, 6.07) is 16.7. The topological polar surface area (TPSA) is 17.8 Å². The predicted octanol–water partition coefficient (Wildman–Crippen LogP) is 4.16. The monoisotopic (exact) mass is 300 g/mol. The average Bonchev–Trinajstić information content (AvgIpc) is 2.70. The Morgan fingerprint density at radius 2 is 1.83 bits per heavy atom. The van der Waals surface area contributed by atoms with Crippen molar-refractivity contribution in [3.63, 3.8) is 0 Å². The maximum absolute atomic E-state index is 4.62. The molecule has 0 fully saturated rings. The normalized spacial score (nSPS) is 11.0. The lowest BCUT2D eigenvalue weighted by Crippen LogP contribution is -2.01. The number of nitrogens with zero attached hydrogens (tertiary/aromatic N) is 2. The number of hydrogen-bond donors (Lipinski definition) is 0. The Labute approximate surface area is 114 Å². The van der Waals surface area contributed by atoms with Crippen molar-refractivity contribution in [3.05, 3.63) is 64.4 Å². The largest absolute Gasteiger partial charge is 0.324 e. The van der Waals surface area contributed by atoms with Crippen LogP contribution in [0, 0.1) is 6.92 Å². The summed E-state index contributed by atoms with van der Waals surface area (Å²) in [7, 11) is 0. The van der Waals surface area contributed by atoms with Gasteiger partial charge < -0.3 is 4.57 Å². The molecule has 1 heterocycles. The summed E-state index contributed by atoms with van der Waals surface area (Å²) in [6.45, 7) is 2.91. The van der Waals surface area contributed by atoms with Gasteiger partial charge in [-0.1, -0.05) is 36.4 Å². The van der Waals surface area contributed by atoms with Crippen LogP contribution in [0.2, 0.25) is 0 Å². The molecule has 90 valence electrons.